The average molecular weight is 460 g/mol. The third-order valence-electron chi connectivity index (χ3n) is 4.81. The fourth-order valence-corrected chi connectivity index (χ4v) is 3.43. The highest BCUT2D eigenvalue weighted by Crippen LogP contribution is 2.25. The van der Waals surface area contributed by atoms with Crippen molar-refractivity contribution in [1.29, 1.82) is 0 Å². The van der Waals surface area contributed by atoms with E-state index in [9.17, 15) is 14.4 Å². The Morgan fingerprint density at radius 3 is 2.24 bits per heavy atom. The minimum absolute atomic E-state index is 0.0954. The van der Waals surface area contributed by atoms with Crippen molar-refractivity contribution in [3.05, 3.63) is 42.0 Å². The Kier molecular flexibility index (Phi) is 10.6. The lowest BCUT2D eigenvalue weighted by molar-refractivity contribution is -0.143. The molecule has 0 fully saturated rings. The predicted molar refractivity (Wildman–Crippen MR) is 133 cm³/mol. The normalized spacial score (nSPS) is 13.3. The molecular formula is C26H41N3O4. The Balaban J connectivity index is 3.44. The van der Waals surface area contributed by atoms with Crippen LogP contribution in [0.1, 0.15) is 79.0 Å². The zero-order valence-corrected chi connectivity index (χ0v) is 21.4. The first-order valence-electron chi connectivity index (χ1n) is 11.6. The van der Waals surface area contributed by atoms with Crippen LogP contribution >= 0.6 is 0 Å². The quantitative estimate of drug-likeness (QED) is 0.532. The molecule has 1 aromatic carbocycles. The highest BCUT2D eigenvalue weighted by molar-refractivity contribution is 5.92. The summed E-state index contributed by atoms with van der Waals surface area (Å²) in [6, 6.07) is 5.64. The number of hydrogen-bond acceptors (Lipinski definition) is 4. The van der Waals surface area contributed by atoms with Gasteiger partial charge in [-0.3, -0.25) is 9.59 Å². The molecule has 0 saturated heterocycles. The predicted octanol–water partition coefficient (Wildman–Crippen LogP) is 4.68. The van der Waals surface area contributed by atoms with E-state index < -0.39 is 23.8 Å². The number of carbonyl (C=O) groups is 3. The van der Waals surface area contributed by atoms with Gasteiger partial charge in [-0.25, -0.2) is 4.79 Å². The summed E-state index contributed by atoms with van der Waals surface area (Å²) in [5.74, 6) is -0.809. The largest absolute Gasteiger partial charge is 0.444 e. The summed E-state index contributed by atoms with van der Waals surface area (Å²) in [6.07, 6.45) is 1.69. The lowest BCUT2D eigenvalue weighted by Gasteiger charge is -2.35. The smallest absolute Gasteiger partial charge is 0.408 e. The van der Waals surface area contributed by atoms with E-state index in [4.69, 9.17) is 4.74 Å². The van der Waals surface area contributed by atoms with Gasteiger partial charge in [0.15, 0.2) is 0 Å². The third kappa shape index (κ3) is 8.91. The van der Waals surface area contributed by atoms with Crippen LogP contribution in [0.2, 0.25) is 0 Å². The summed E-state index contributed by atoms with van der Waals surface area (Å²) in [4.78, 5) is 41.1. The van der Waals surface area contributed by atoms with E-state index in [0.717, 1.165) is 5.56 Å². The van der Waals surface area contributed by atoms with Crippen molar-refractivity contribution < 1.29 is 19.1 Å². The van der Waals surface area contributed by atoms with Gasteiger partial charge in [-0.05, 0) is 64.2 Å². The molecule has 0 saturated carbocycles. The Hall–Kier alpha value is -2.83. The maximum Gasteiger partial charge on any atom is 0.408 e. The monoisotopic (exact) mass is 459 g/mol. The number of carbonyl (C=O) groups excluding carboxylic acids is 3. The molecule has 2 unspecified atom stereocenters. The molecule has 0 radical (unpaired) electrons. The van der Waals surface area contributed by atoms with E-state index in [2.05, 4.69) is 17.2 Å². The van der Waals surface area contributed by atoms with Gasteiger partial charge < -0.3 is 20.3 Å². The highest BCUT2D eigenvalue weighted by atomic mass is 16.6. The molecule has 7 nitrogen and oxygen atoms in total. The van der Waals surface area contributed by atoms with Crippen LogP contribution in [-0.4, -0.2) is 47.0 Å². The molecule has 0 spiro atoms. The molecule has 3 amide bonds. The van der Waals surface area contributed by atoms with Crippen LogP contribution in [0.3, 0.4) is 0 Å². The van der Waals surface area contributed by atoms with E-state index in [1.807, 2.05) is 58.9 Å². The lowest BCUT2D eigenvalue weighted by Crippen LogP contribution is -2.55. The van der Waals surface area contributed by atoms with Crippen LogP contribution in [0, 0.1) is 5.92 Å². The van der Waals surface area contributed by atoms with Crippen LogP contribution < -0.4 is 10.6 Å². The first kappa shape index (κ1) is 28.2. The second-order valence-corrected chi connectivity index (χ2v) is 9.84. The number of hydrogen-bond donors (Lipinski definition) is 2. The van der Waals surface area contributed by atoms with E-state index in [1.165, 1.54) is 0 Å². The van der Waals surface area contributed by atoms with E-state index >= 15 is 0 Å². The Labute approximate surface area is 198 Å². The first-order chi connectivity index (χ1) is 15.3. The molecule has 7 heteroatoms. The fraction of sp³-hybridized carbons (Fsp3) is 0.577. The number of amides is 3. The van der Waals surface area contributed by atoms with Gasteiger partial charge in [0.1, 0.15) is 17.7 Å². The molecule has 0 aliphatic carbocycles. The second kappa shape index (κ2) is 12.4. The van der Waals surface area contributed by atoms with Crippen LogP contribution in [0.25, 0.3) is 6.08 Å². The summed E-state index contributed by atoms with van der Waals surface area (Å²) in [7, 11) is 0. The molecule has 2 N–H and O–H groups in total. The van der Waals surface area contributed by atoms with Crippen molar-refractivity contribution in [2.24, 2.45) is 5.92 Å². The standard InChI is InChI=1S/C26H41N3O4/c1-10-15-29(24(31)21(17(3)4)28-25(32)33-26(7,8)9)22(23(30)27-18(5)6)20-14-12-13-19(11-2)16-20/h11-14,16-18,21-22H,2,10,15H2,1,3-9H3,(H,27,30)(H,28,32). The van der Waals surface area contributed by atoms with Crippen molar-refractivity contribution >= 4 is 24.0 Å². The van der Waals surface area contributed by atoms with Gasteiger partial charge >= 0.3 is 6.09 Å². The Morgan fingerprint density at radius 1 is 1.12 bits per heavy atom. The minimum atomic E-state index is -0.846. The summed E-state index contributed by atoms with van der Waals surface area (Å²) in [5, 5.41) is 5.66. The molecule has 0 aliphatic rings. The van der Waals surface area contributed by atoms with E-state index in [0.29, 0.717) is 18.5 Å². The molecule has 1 aromatic rings. The van der Waals surface area contributed by atoms with Gasteiger partial charge in [0.05, 0.1) is 0 Å². The first-order valence-corrected chi connectivity index (χ1v) is 11.6. The molecule has 0 aliphatic heterocycles. The Bertz CT molecular complexity index is 827. The van der Waals surface area contributed by atoms with Gasteiger partial charge in [0.25, 0.3) is 0 Å². The second-order valence-electron chi connectivity index (χ2n) is 9.84. The fourth-order valence-electron chi connectivity index (χ4n) is 3.43. The number of nitrogens with one attached hydrogen (secondary N) is 2. The van der Waals surface area contributed by atoms with Gasteiger partial charge in [-0.15, -0.1) is 0 Å². The maximum absolute atomic E-state index is 13.8. The van der Waals surface area contributed by atoms with Crippen molar-refractivity contribution in [3.63, 3.8) is 0 Å². The summed E-state index contributed by atoms with van der Waals surface area (Å²) < 4.78 is 5.37. The number of benzene rings is 1. The number of ether oxygens (including phenoxy) is 1. The highest BCUT2D eigenvalue weighted by Gasteiger charge is 2.37. The van der Waals surface area contributed by atoms with E-state index in [-0.39, 0.29) is 23.8 Å². The number of nitrogens with zero attached hydrogens (tertiary/aromatic N) is 1. The maximum atomic E-state index is 13.8. The topological polar surface area (TPSA) is 87.7 Å². The number of alkyl carbamates (subject to hydrolysis) is 1. The zero-order valence-electron chi connectivity index (χ0n) is 21.4. The molecule has 2 atom stereocenters. The van der Waals surface area contributed by atoms with Crippen molar-refractivity contribution in [3.8, 4) is 0 Å². The van der Waals surface area contributed by atoms with Crippen LogP contribution in [0.15, 0.2) is 30.8 Å². The minimum Gasteiger partial charge on any atom is -0.444 e. The van der Waals surface area contributed by atoms with Gasteiger partial charge in [-0.2, -0.15) is 0 Å². The van der Waals surface area contributed by atoms with Crippen molar-refractivity contribution in [1.82, 2.24) is 15.5 Å². The Morgan fingerprint density at radius 2 is 1.76 bits per heavy atom. The van der Waals surface area contributed by atoms with Crippen LogP contribution in [0.5, 0.6) is 0 Å². The van der Waals surface area contributed by atoms with E-state index in [1.54, 1.807) is 31.7 Å². The summed E-state index contributed by atoms with van der Waals surface area (Å²) in [6.45, 7) is 18.9. The molecule has 33 heavy (non-hydrogen) atoms. The van der Waals surface area contributed by atoms with Crippen molar-refractivity contribution in [2.75, 3.05) is 6.54 Å². The molecule has 1 rings (SSSR count). The molecule has 0 aromatic heterocycles. The zero-order chi connectivity index (χ0) is 25.3. The average Bonchev–Trinajstić information content (AvgIpc) is 2.69. The van der Waals surface area contributed by atoms with Gasteiger partial charge in [0.2, 0.25) is 11.8 Å². The lowest BCUT2D eigenvalue weighted by atomic mass is 9.97. The molecule has 0 bridgehead atoms. The number of rotatable bonds is 10. The molecular weight excluding hydrogens is 418 g/mol. The summed E-state index contributed by atoms with van der Waals surface area (Å²) >= 11 is 0. The van der Waals surface area contributed by atoms with Crippen LogP contribution in [0.4, 0.5) is 4.79 Å². The molecule has 0 heterocycles. The van der Waals surface area contributed by atoms with Gasteiger partial charge in [-0.1, -0.05) is 51.6 Å². The third-order valence-corrected chi connectivity index (χ3v) is 4.81. The molecule has 184 valence electrons. The van der Waals surface area contributed by atoms with Crippen molar-refractivity contribution in [2.45, 2.75) is 85.5 Å². The van der Waals surface area contributed by atoms with Gasteiger partial charge in [0, 0.05) is 12.6 Å². The van der Waals surface area contributed by atoms with Crippen LogP contribution in [-0.2, 0) is 14.3 Å². The SMILES string of the molecule is C=Cc1cccc(C(C(=O)NC(C)C)N(CCC)C(=O)C(NC(=O)OC(C)(C)C)C(C)C)c1. The summed E-state index contributed by atoms with van der Waals surface area (Å²) in [5.41, 5.74) is 0.848.